The maximum Gasteiger partial charge on any atom is 0.0389 e. The number of allylic oxidation sites excluding steroid dienone is 10. The summed E-state index contributed by atoms with van der Waals surface area (Å²) in [5, 5.41) is 0. The first kappa shape index (κ1) is 21.4. The van der Waals surface area contributed by atoms with Gasteiger partial charge in [0.15, 0.2) is 0 Å². The van der Waals surface area contributed by atoms with Crippen LogP contribution < -0.4 is 0 Å². The minimum atomic E-state index is 0.311. The van der Waals surface area contributed by atoms with Crippen LogP contribution in [-0.2, 0) is 0 Å². The standard InChI is InChI=1S/C24H37N/c1-7-8-18-25-19-16-21(3)12-9-11-20(2)14-15-23-22(4)13-10-17-24(23,5)6/h9,11-12,14-16,19H,7-8,10,13,17-18H2,1-6H3/b12-9+,15-14+,20-11+,21-16+,25-19?. The molecule has 138 valence electrons. The van der Waals surface area contributed by atoms with Gasteiger partial charge in [-0.15, -0.1) is 0 Å². The molecule has 0 N–H and O–H groups in total. The summed E-state index contributed by atoms with van der Waals surface area (Å²) in [7, 11) is 0. The molecule has 0 atom stereocenters. The Bertz CT molecular complexity index is 592. The summed E-state index contributed by atoms with van der Waals surface area (Å²) in [5.41, 5.74) is 5.89. The number of rotatable bonds is 8. The summed E-state index contributed by atoms with van der Waals surface area (Å²) in [6.45, 7) is 14.4. The van der Waals surface area contributed by atoms with Gasteiger partial charge in [-0.1, -0.05) is 68.7 Å². The summed E-state index contributed by atoms with van der Waals surface area (Å²) < 4.78 is 0. The molecule has 25 heavy (non-hydrogen) atoms. The average Bonchev–Trinajstić information content (AvgIpc) is 2.53. The molecule has 0 heterocycles. The van der Waals surface area contributed by atoms with Crippen LogP contribution in [0.15, 0.2) is 63.7 Å². The van der Waals surface area contributed by atoms with E-state index in [9.17, 15) is 0 Å². The third-order valence-corrected chi connectivity index (χ3v) is 4.86. The molecule has 0 bridgehead atoms. The molecule has 0 saturated carbocycles. The first-order chi connectivity index (χ1) is 11.9. The lowest BCUT2D eigenvalue weighted by Gasteiger charge is -2.32. The number of hydrogen-bond acceptors (Lipinski definition) is 1. The van der Waals surface area contributed by atoms with E-state index in [0.717, 1.165) is 6.54 Å². The normalized spacial score (nSPS) is 19.8. The molecule has 0 amide bonds. The fourth-order valence-corrected chi connectivity index (χ4v) is 3.18. The van der Waals surface area contributed by atoms with Gasteiger partial charge in [-0.3, -0.25) is 4.99 Å². The van der Waals surface area contributed by atoms with Gasteiger partial charge in [0, 0.05) is 12.8 Å². The second kappa shape index (κ2) is 11.1. The van der Waals surface area contributed by atoms with Crippen LogP contribution in [0.3, 0.4) is 0 Å². The largest absolute Gasteiger partial charge is 0.293 e. The van der Waals surface area contributed by atoms with Crippen molar-refractivity contribution in [3.8, 4) is 0 Å². The Morgan fingerprint density at radius 3 is 2.52 bits per heavy atom. The van der Waals surface area contributed by atoms with Crippen molar-refractivity contribution >= 4 is 6.21 Å². The van der Waals surface area contributed by atoms with Crippen molar-refractivity contribution in [3.63, 3.8) is 0 Å². The second-order valence-electron chi connectivity index (χ2n) is 7.85. The van der Waals surface area contributed by atoms with E-state index in [0.29, 0.717) is 5.41 Å². The molecule has 0 fully saturated rings. The molecule has 1 rings (SSSR count). The Kier molecular flexibility index (Phi) is 9.49. The van der Waals surface area contributed by atoms with Gasteiger partial charge in [-0.05, 0) is 69.1 Å². The minimum Gasteiger partial charge on any atom is -0.293 e. The zero-order valence-electron chi connectivity index (χ0n) is 17.2. The molecule has 0 saturated heterocycles. The molecular weight excluding hydrogens is 302 g/mol. The summed E-state index contributed by atoms with van der Waals surface area (Å²) in [5.74, 6) is 0. The van der Waals surface area contributed by atoms with Crippen LogP contribution in [0, 0.1) is 5.41 Å². The minimum absolute atomic E-state index is 0.311. The van der Waals surface area contributed by atoms with Crippen LogP contribution >= 0.6 is 0 Å². The number of unbranched alkanes of at least 4 members (excludes halogenated alkanes) is 1. The van der Waals surface area contributed by atoms with Gasteiger partial charge in [0.05, 0.1) is 0 Å². The third kappa shape index (κ3) is 8.34. The molecule has 0 radical (unpaired) electrons. The van der Waals surface area contributed by atoms with Crippen LogP contribution in [0.4, 0.5) is 0 Å². The van der Waals surface area contributed by atoms with E-state index in [1.54, 1.807) is 5.57 Å². The molecule has 0 unspecified atom stereocenters. The maximum atomic E-state index is 4.38. The number of hydrogen-bond donors (Lipinski definition) is 0. The smallest absolute Gasteiger partial charge is 0.0389 e. The summed E-state index contributed by atoms with van der Waals surface area (Å²) >= 11 is 0. The van der Waals surface area contributed by atoms with Gasteiger partial charge >= 0.3 is 0 Å². The SMILES string of the molecule is CCCCN=C/C=C(C)/C=C/C=C(C)/C=C/C1=C(C)CCCC1(C)C. The van der Waals surface area contributed by atoms with Crippen molar-refractivity contribution in [2.24, 2.45) is 10.4 Å². The monoisotopic (exact) mass is 339 g/mol. The fraction of sp³-hybridized carbons (Fsp3) is 0.542. The van der Waals surface area contributed by atoms with Crippen LogP contribution in [-0.4, -0.2) is 12.8 Å². The molecule has 0 aromatic heterocycles. The van der Waals surface area contributed by atoms with E-state index in [4.69, 9.17) is 0 Å². The molecule has 1 aliphatic rings. The molecular formula is C24H37N. The first-order valence-electron chi connectivity index (χ1n) is 9.77. The van der Waals surface area contributed by atoms with Crippen molar-refractivity contribution in [3.05, 3.63) is 58.7 Å². The van der Waals surface area contributed by atoms with Crippen LogP contribution in [0.5, 0.6) is 0 Å². The summed E-state index contributed by atoms with van der Waals surface area (Å²) in [4.78, 5) is 4.38. The molecule has 1 heteroatoms. The third-order valence-electron chi connectivity index (χ3n) is 4.86. The topological polar surface area (TPSA) is 12.4 Å². The van der Waals surface area contributed by atoms with E-state index < -0.39 is 0 Å². The predicted molar refractivity (Wildman–Crippen MR) is 114 cm³/mol. The van der Waals surface area contributed by atoms with Crippen molar-refractivity contribution in [1.82, 2.24) is 0 Å². The summed E-state index contributed by atoms with van der Waals surface area (Å²) in [6.07, 6.45) is 21.2. The van der Waals surface area contributed by atoms with Crippen molar-refractivity contribution in [1.29, 1.82) is 0 Å². The molecule has 0 aliphatic heterocycles. The fourth-order valence-electron chi connectivity index (χ4n) is 3.18. The highest BCUT2D eigenvalue weighted by Gasteiger charge is 2.26. The highest BCUT2D eigenvalue weighted by molar-refractivity contribution is 5.72. The molecule has 1 nitrogen and oxygen atoms in total. The first-order valence-corrected chi connectivity index (χ1v) is 9.77. The van der Waals surface area contributed by atoms with Gasteiger partial charge in [-0.2, -0.15) is 0 Å². The highest BCUT2D eigenvalue weighted by Crippen LogP contribution is 2.40. The van der Waals surface area contributed by atoms with Crippen LogP contribution in [0.25, 0.3) is 0 Å². The Morgan fingerprint density at radius 1 is 1.12 bits per heavy atom. The molecule has 0 aromatic rings. The second-order valence-corrected chi connectivity index (χ2v) is 7.85. The van der Waals surface area contributed by atoms with Gasteiger partial charge in [-0.25, -0.2) is 0 Å². The maximum absolute atomic E-state index is 4.38. The van der Waals surface area contributed by atoms with E-state index in [1.807, 2.05) is 6.21 Å². The quantitative estimate of drug-likeness (QED) is 0.248. The van der Waals surface area contributed by atoms with Gasteiger partial charge in [0.2, 0.25) is 0 Å². The van der Waals surface area contributed by atoms with Crippen LogP contribution in [0.1, 0.15) is 73.6 Å². The molecule has 1 aliphatic carbocycles. The Balaban J connectivity index is 2.63. The Hall–Kier alpha value is -1.63. The van der Waals surface area contributed by atoms with Gasteiger partial charge < -0.3 is 0 Å². The number of nitrogens with zero attached hydrogens (tertiary/aromatic N) is 1. The Morgan fingerprint density at radius 2 is 1.84 bits per heavy atom. The van der Waals surface area contributed by atoms with Gasteiger partial charge in [0.25, 0.3) is 0 Å². The Labute approximate surface area is 156 Å². The molecule has 0 spiro atoms. The predicted octanol–water partition coefficient (Wildman–Crippen LogP) is 7.39. The lowest BCUT2D eigenvalue weighted by Crippen LogP contribution is -2.19. The zero-order chi connectivity index (χ0) is 18.7. The van der Waals surface area contributed by atoms with E-state index in [1.165, 1.54) is 48.8 Å². The molecule has 0 aromatic carbocycles. The lowest BCUT2D eigenvalue weighted by atomic mass is 9.72. The summed E-state index contributed by atoms with van der Waals surface area (Å²) in [6, 6.07) is 0. The van der Waals surface area contributed by atoms with Gasteiger partial charge in [0.1, 0.15) is 0 Å². The van der Waals surface area contributed by atoms with E-state index in [-0.39, 0.29) is 0 Å². The lowest BCUT2D eigenvalue weighted by molar-refractivity contribution is 0.377. The zero-order valence-corrected chi connectivity index (χ0v) is 17.2. The van der Waals surface area contributed by atoms with E-state index >= 15 is 0 Å². The average molecular weight is 340 g/mol. The van der Waals surface area contributed by atoms with E-state index in [2.05, 4.69) is 83.0 Å². The van der Waals surface area contributed by atoms with Crippen molar-refractivity contribution < 1.29 is 0 Å². The number of aliphatic imine (C=N–C) groups is 1. The highest BCUT2D eigenvalue weighted by atomic mass is 14.7. The van der Waals surface area contributed by atoms with Crippen LogP contribution in [0.2, 0.25) is 0 Å². The van der Waals surface area contributed by atoms with Crippen molar-refractivity contribution in [2.75, 3.05) is 6.54 Å². The van der Waals surface area contributed by atoms with Crippen molar-refractivity contribution in [2.45, 2.75) is 73.6 Å².